The zero-order valence-electron chi connectivity index (χ0n) is 13.5. The summed E-state index contributed by atoms with van der Waals surface area (Å²) in [6.45, 7) is 10.3. The Labute approximate surface area is 129 Å². The van der Waals surface area contributed by atoms with Crippen molar-refractivity contribution in [3.05, 3.63) is 0 Å². The first kappa shape index (κ1) is 17.4. The highest BCUT2D eigenvalue weighted by Gasteiger charge is 2.24. The van der Waals surface area contributed by atoms with E-state index in [1.165, 1.54) is 12.5 Å². The summed E-state index contributed by atoms with van der Waals surface area (Å²) < 4.78 is 27.3. The SMILES string of the molecule is C[Si](C)(CCCCOCC1CO1)OCCCOCC1CO1. The molecule has 0 amide bonds. The largest absolute Gasteiger partial charge is 0.417 e. The van der Waals surface area contributed by atoms with E-state index in [0.29, 0.717) is 12.2 Å². The van der Waals surface area contributed by atoms with Crippen molar-refractivity contribution in [3.8, 4) is 0 Å². The fraction of sp³-hybridized carbons (Fsp3) is 1.00. The minimum atomic E-state index is -1.50. The van der Waals surface area contributed by atoms with Gasteiger partial charge < -0.3 is 23.4 Å². The van der Waals surface area contributed by atoms with Gasteiger partial charge in [0.25, 0.3) is 0 Å². The van der Waals surface area contributed by atoms with E-state index in [2.05, 4.69) is 13.1 Å². The second kappa shape index (κ2) is 9.22. The van der Waals surface area contributed by atoms with Gasteiger partial charge in [0.15, 0.2) is 8.32 Å². The van der Waals surface area contributed by atoms with Crippen molar-refractivity contribution in [1.82, 2.24) is 0 Å². The Morgan fingerprint density at radius 1 is 0.857 bits per heavy atom. The number of ether oxygens (including phenoxy) is 4. The van der Waals surface area contributed by atoms with Crippen LogP contribution in [-0.4, -0.2) is 66.8 Å². The molecule has 2 fully saturated rings. The number of rotatable bonds is 14. The molecule has 0 aromatic rings. The fourth-order valence-electron chi connectivity index (χ4n) is 2.09. The third-order valence-electron chi connectivity index (χ3n) is 3.66. The molecular formula is C15H30O5Si. The van der Waals surface area contributed by atoms with Gasteiger partial charge in [-0.05, 0) is 32.0 Å². The lowest BCUT2D eigenvalue weighted by Crippen LogP contribution is -2.31. The zero-order valence-corrected chi connectivity index (χ0v) is 14.5. The van der Waals surface area contributed by atoms with Crippen LogP contribution in [0.5, 0.6) is 0 Å². The summed E-state index contributed by atoms with van der Waals surface area (Å²) in [4.78, 5) is 0. The Hall–Kier alpha value is 0.0169. The molecule has 2 unspecified atom stereocenters. The minimum Gasteiger partial charge on any atom is -0.417 e. The molecule has 0 aliphatic carbocycles. The van der Waals surface area contributed by atoms with Gasteiger partial charge in [0, 0.05) is 19.8 Å². The Kier molecular flexibility index (Phi) is 7.63. The predicted octanol–water partition coefficient (Wildman–Crippen LogP) is 2.21. The first-order valence-electron chi connectivity index (χ1n) is 8.18. The van der Waals surface area contributed by atoms with E-state index in [1.807, 2.05) is 0 Å². The Morgan fingerprint density at radius 3 is 2.00 bits per heavy atom. The molecule has 21 heavy (non-hydrogen) atoms. The molecule has 5 nitrogen and oxygen atoms in total. The Morgan fingerprint density at radius 2 is 1.43 bits per heavy atom. The van der Waals surface area contributed by atoms with E-state index in [4.69, 9.17) is 23.4 Å². The third-order valence-corrected chi connectivity index (χ3v) is 6.20. The van der Waals surface area contributed by atoms with E-state index >= 15 is 0 Å². The van der Waals surface area contributed by atoms with Crippen LogP contribution in [0.3, 0.4) is 0 Å². The molecule has 0 aromatic heterocycles. The van der Waals surface area contributed by atoms with Crippen molar-refractivity contribution >= 4 is 8.32 Å². The molecule has 2 atom stereocenters. The van der Waals surface area contributed by atoms with Crippen molar-refractivity contribution in [2.24, 2.45) is 0 Å². The van der Waals surface area contributed by atoms with Gasteiger partial charge in [-0.25, -0.2) is 0 Å². The molecule has 2 aliphatic rings. The Bertz CT molecular complexity index is 253. The van der Waals surface area contributed by atoms with E-state index in [9.17, 15) is 0 Å². The van der Waals surface area contributed by atoms with Gasteiger partial charge in [-0.2, -0.15) is 0 Å². The fourth-order valence-corrected chi connectivity index (χ4v) is 4.04. The smallest absolute Gasteiger partial charge is 0.186 e. The molecule has 0 N–H and O–H groups in total. The first-order valence-corrected chi connectivity index (χ1v) is 11.3. The molecule has 0 saturated carbocycles. The molecule has 0 radical (unpaired) electrons. The van der Waals surface area contributed by atoms with Crippen molar-refractivity contribution in [2.75, 3.05) is 46.2 Å². The van der Waals surface area contributed by atoms with Crippen LogP contribution in [0.4, 0.5) is 0 Å². The molecule has 2 rings (SSSR count). The summed E-state index contributed by atoms with van der Waals surface area (Å²) in [5.41, 5.74) is 0. The monoisotopic (exact) mass is 318 g/mol. The predicted molar refractivity (Wildman–Crippen MR) is 83.2 cm³/mol. The molecule has 0 bridgehead atoms. The maximum absolute atomic E-state index is 6.07. The zero-order chi connectivity index (χ0) is 15.0. The summed E-state index contributed by atoms with van der Waals surface area (Å²) in [6.07, 6.45) is 4.04. The standard InChI is InChI=1S/C15H30O5Si/c1-21(2,9-4-3-6-16-10-14-12-18-14)20-8-5-7-17-11-15-13-19-15/h14-15H,3-13H2,1-2H3. The normalized spacial score (nSPS) is 24.3. The van der Waals surface area contributed by atoms with Crippen molar-refractivity contribution in [2.45, 2.75) is 50.6 Å². The average molecular weight is 318 g/mol. The first-order chi connectivity index (χ1) is 10.2. The number of unbranched alkanes of at least 4 members (excludes halogenated alkanes) is 1. The van der Waals surface area contributed by atoms with Crippen LogP contribution in [0.1, 0.15) is 19.3 Å². The summed E-state index contributed by atoms with van der Waals surface area (Å²) in [7, 11) is -1.50. The highest BCUT2D eigenvalue weighted by molar-refractivity contribution is 6.71. The van der Waals surface area contributed by atoms with E-state index in [1.54, 1.807) is 0 Å². The lowest BCUT2D eigenvalue weighted by molar-refractivity contribution is 0.103. The third kappa shape index (κ3) is 9.60. The second-order valence-electron chi connectivity index (χ2n) is 6.48. The molecule has 2 aliphatic heterocycles. The van der Waals surface area contributed by atoms with E-state index in [-0.39, 0.29) is 0 Å². The summed E-state index contributed by atoms with van der Waals surface area (Å²) in [5, 5.41) is 0. The number of epoxide rings is 2. The van der Waals surface area contributed by atoms with Crippen LogP contribution >= 0.6 is 0 Å². The van der Waals surface area contributed by atoms with Gasteiger partial charge in [-0.15, -0.1) is 0 Å². The summed E-state index contributed by atoms with van der Waals surface area (Å²) >= 11 is 0. The highest BCUT2D eigenvalue weighted by atomic mass is 28.4. The van der Waals surface area contributed by atoms with Crippen LogP contribution in [0.15, 0.2) is 0 Å². The van der Waals surface area contributed by atoms with Crippen LogP contribution < -0.4 is 0 Å². The van der Waals surface area contributed by atoms with Crippen LogP contribution in [0.2, 0.25) is 19.1 Å². The lowest BCUT2D eigenvalue weighted by atomic mass is 10.3. The summed E-state index contributed by atoms with van der Waals surface area (Å²) in [5.74, 6) is 0. The maximum Gasteiger partial charge on any atom is 0.186 e. The van der Waals surface area contributed by atoms with E-state index < -0.39 is 8.32 Å². The second-order valence-corrected chi connectivity index (χ2v) is 10.8. The molecule has 124 valence electrons. The van der Waals surface area contributed by atoms with Gasteiger partial charge >= 0.3 is 0 Å². The molecule has 2 heterocycles. The molecule has 6 heteroatoms. The van der Waals surface area contributed by atoms with Crippen LogP contribution in [-0.2, 0) is 23.4 Å². The number of hydrogen-bond donors (Lipinski definition) is 0. The highest BCUT2D eigenvalue weighted by Crippen LogP contribution is 2.16. The molecule has 0 aromatic carbocycles. The Balaban J connectivity index is 1.34. The lowest BCUT2D eigenvalue weighted by Gasteiger charge is -2.22. The van der Waals surface area contributed by atoms with Crippen molar-refractivity contribution in [1.29, 1.82) is 0 Å². The van der Waals surface area contributed by atoms with Crippen LogP contribution in [0, 0.1) is 0 Å². The van der Waals surface area contributed by atoms with Gasteiger partial charge in [0.1, 0.15) is 12.2 Å². The van der Waals surface area contributed by atoms with Gasteiger partial charge in [0.2, 0.25) is 0 Å². The van der Waals surface area contributed by atoms with E-state index in [0.717, 1.165) is 59.1 Å². The molecule has 2 saturated heterocycles. The van der Waals surface area contributed by atoms with Crippen molar-refractivity contribution < 1.29 is 23.4 Å². The van der Waals surface area contributed by atoms with Crippen LogP contribution in [0.25, 0.3) is 0 Å². The minimum absolute atomic E-state index is 0.366. The van der Waals surface area contributed by atoms with Crippen molar-refractivity contribution in [3.63, 3.8) is 0 Å². The van der Waals surface area contributed by atoms with Gasteiger partial charge in [0.05, 0.1) is 26.4 Å². The topological polar surface area (TPSA) is 52.8 Å². The quantitative estimate of drug-likeness (QED) is 0.279. The average Bonchev–Trinajstić information content (AvgIpc) is 3.32. The van der Waals surface area contributed by atoms with Gasteiger partial charge in [-0.3, -0.25) is 0 Å². The number of hydrogen-bond acceptors (Lipinski definition) is 5. The maximum atomic E-state index is 6.07. The molecular weight excluding hydrogens is 288 g/mol. The van der Waals surface area contributed by atoms with Gasteiger partial charge in [-0.1, -0.05) is 6.42 Å². The summed E-state index contributed by atoms with van der Waals surface area (Å²) in [6, 6.07) is 1.20. The molecule has 0 spiro atoms.